The van der Waals surface area contributed by atoms with Crippen molar-refractivity contribution in [1.82, 2.24) is 10.2 Å². The molecule has 1 amide bonds. The normalized spacial score (nSPS) is 31.5. The van der Waals surface area contributed by atoms with Gasteiger partial charge in [0.25, 0.3) is 0 Å². The molecule has 98 valence electrons. The van der Waals surface area contributed by atoms with Gasteiger partial charge in [-0.3, -0.25) is 4.79 Å². The SMILES string of the molecule is CC(=O)N1CCC(NC2CCC(O)CC2)CC1. The third-order valence-electron chi connectivity index (χ3n) is 4.11. The number of hydrogen-bond acceptors (Lipinski definition) is 3. The van der Waals surface area contributed by atoms with Crippen molar-refractivity contribution in [3.63, 3.8) is 0 Å². The van der Waals surface area contributed by atoms with Crippen molar-refractivity contribution in [2.24, 2.45) is 0 Å². The monoisotopic (exact) mass is 240 g/mol. The highest BCUT2D eigenvalue weighted by Gasteiger charge is 2.25. The minimum atomic E-state index is -0.0763. The van der Waals surface area contributed by atoms with E-state index in [4.69, 9.17) is 0 Å². The summed E-state index contributed by atoms with van der Waals surface area (Å²) in [5, 5.41) is 13.1. The topological polar surface area (TPSA) is 52.6 Å². The van der Waals surface area contributed by atoms with E-state index in [1.807, 2.05) is 4.90 Å². The summed E-state index contributed by atoms with van der Waals surface area (Å²) in [6, 6.07) is 1.14. The standard InChI is InChI=1S/C13H24N2O2/c1-10(16)15-8-6-12(7-9-15)14-11-2-4-13(17)5-3-11/h11-14,17H,2-9H2,1H3. The summed E-state index contributed by atoms with van der Waals surface area (Å²) in [7, 11) is 0. The first-order chi connectivity index (χ1) is 8.15. The zero-order valence-corrected chi connectivity index (χ0v) is 10.7. The van der Waals surface area contributed by atoms with E-state index in [0.29, 0.717) is 12.1 Å². The van der Waals surface area contributed by atoms with Crippen molar-refractivity contribution < 1.29 is 9.90 Å². The van der Waals surface area contributed by atoms with Crippen LogP contribution in [0.15, 0.2) is 0 Å². The molecule has 0 bridgehead atoms. The number of amides is 1. The third-order valence-corrected chi connectivity index (χ3v) is 4.11. The lowest BCUT2D eigenvalue weighted by molar-refractivity contribution is -0.129. The Kier molecular flexibility index (Phi) is 4.40. The van der Waals surface area contributed by atoms with Gasteiger partial charge >= 0.3 is 0 Å². The molecule has 2 fully saturated rings. The summed E-state index contributed by atoms with van der Waals surface area (Å²) in [4.78, 5) is 13.1. The summed E-state index contributed by atoms with van der Waals surface area (Å²) in [5.74, 6) is 0.198. The number of carbonyl (C=O) groups excluding carboxylic acids is 1. The first-order valence-corrected chi connectivity index (χ1v) is 6.85. The molecule has 0 spiro atoms. The summed E-state index contributed by atoms with van der Waals surface area (Å²) < 4.78 is 0. The third kappa shape index (κ3) is 3.68. The van der Waals surface area contributed by atoms with Gasteiger partial charge in [-0.25, -0.2) is 0 Å². The molecular formula is C13H24N2O2. The molecule has 0 atom stereocenters. The minimum Gasteiger partial charge on any atom is -0.393 e. The van der Waals surface area contributed by atoms with E-state index in [0.717, 1.165) is 51.6 Å². The van der Waals surface area contributed by atoms with Crippen molar-refractivity contribution in [3.05, 3.63) is 0 Å². The number of hydrogen-bond donors (Lipinski definition) is 2. The van der Waals surface area contributed by atoms with Gasteiger partial charge < -0.3 is 15.3 Å². The highest BCUT2D eigenvalue weighted by Crippen LogP contribution is 2.20. The zero-order chi connectivity index (χ0) is 12.3. The minimum absolute atomic E-state index is 0.0763. The largest absolute Gasteiger partial charge is 0.393 e. The molecule has 0 unspecified atom stereocenters. The molecule has 4 heteroatoms. The van der Waals surface area contributed by atoms with Crippen LogP contribution in [0.25, 0.3) is 0 Å². The van der Waals surface area contributed by atoms with Gasteiger partial charge in [-0.2, -0.15) is 0 Å². The Morgan fingerprint density at radius 2 is 1.59 bits per heavy atom. The summed E-state index contributed by atoms with van der Waals surface area (Å²) in [6.07, 6.45) is 6.11. The van der Waals surface area contributed by atoms with Gasteiger partial charge in [0.2, 0.25) is 5.91 Å². The van der Waals surface area contributed by atoms with E-state index < -0.39 is 0 Å². The molecule has 1 aliphatic heterocycles. The van der Waals surface area contributed by atoms with E-state index in [9.17, 15) is 9.90 Å². The van der Waals surface area contributed by atoms with Crippen molar-refractivity contribution in [3.8, 4) is 0 Å². The van der Waals surface area contributed by atoms with E-state index in [1.165, 1.54) is 0 Å². The van der Waals surface area contributed by atoms with Crippen LogP contribution in [0, 0.1) is 0 Å². The van der Waals surface area contributed by atoms with Crippen molar-refractivity contribution in [1.29, 1.82) is 0 Å². The highest BCUT2D eigenvalue weighted by atomic mass is 16.3. The molecule has 1 saturated heterocycles. The summed E-state index contributed by atoms with van der Waals surface area (Å²) >= 11 is 0. The number of rotatable bonds is 2. The van der Waals surface area contributed by atoms with Crippen LogP contribution in [-0.2, 0) is 4.79 Å². The van der Waals surface area contributed by atoms with Gasteiger partial charge in [0.15, 0.2) is 0 Å². The van der Waals surface area contributed by atoms with Crippen LogP contribution in [0.5, 0.6) is 0 Å². The maximum atomic E-state index is 11.2. The van der Waals surface area contributed by atoms with E-state index in [2.05, 4.69) is 5.32 Å². The van der Waals surface area contributed by atoms with Gasteiger partial charge in [-0.05, 0) is 38.5 Å². The molecule has 0 aromatic carbocycles. The van der Waals surface area contributed by atoms with Gasteiger partial charge in [0, 0.05) is 32.1 Å². The Morgan fingerprint density at radius 1 is 1.06 bits per heavy atom. The predicted octanol–water partition coefficient (Wildman–Crippen LogP) is 0.890. The Balaban J connectivity index is 1.69. The van der Waals surface area contributed by atoms with E-state index in [1.54, 1.807) is 6.92 Å². The molecule has 1 aliphatic carbocycles. The van der Waals surface area contributed by atoms with E-state index in [-0.39, 0.29) is 12.0 Å². The summed E-state index contributed by atoms with van der Waals surface area (Å²) in [6.45, 7) is 3.43. The van der Waals surface area contributed by atoms with Gasteiger partial charge in [0.1, 0.15) is 0 Å². The first kappa shape index (κ1) is 12.8. The van der Waals surface area contributed by atoms with E-state index >= 15 is 0 Å². The van der Waals surface area contributed by atoms with Gasteiger partial charge in [-0.1, -0.05) is 0 Å². The van der Waals surface area contributed by atoms with Crippen LogP contribution in [0.1, 0.15) is 45.4 Å². The average Bonchev–Trinajstić information content (AvgIpc) is 2.33. The molecule has 17 heavy (non-hydrogen) atoms. The molecule has 2 rings (SSSR count). The molecule has 2 aliphatic rings. The van der Waals surface area contributed by atoms with Crippen LogP contribution < -0.4 is 5.32 Å². The van der Waals surface area contributed by atoms with Crippen molar-refractivity contribution >= 4 is 5.91 Å². The Bertz CT molecular complexity index is 254. The second-order valence-electron chi connectivity index (χ2n) is 5.45. The van der Waals surface area contributed by atoms with Gasteiger partial charge in [-0.15, -0.1) is 0 Å². The lowest BCUT2D eigenvalue weighted by Crippen LogP contribution is -2.48. The average molecular weight is 240 g/mol. The van der Waals surface area contributed by atoms with Gasteiger partial charge in [0.05, 0.1) is 6.10 Å². The fourth-order valence-electron chi connectivity index (χ4n) is 2.94. The Morgan fingerprint density at radius 3 is 2.12 bits per heavy atom. The highest BCUT2D eigenvalue weighted by molar-refractivity contribution is 5.73. The molecule has 0 aromatic rings. The Labute approximate surface area is 103 Å². The maximum absolute atomic E-state index is 11.2. The number of aliphatic hydroxyl groups excluding tert-OH is 1. The lowest BCUT2D eigenvalue weighted by Gasteiger charge is -2.35. The number of aliphatic hydroxyl groups is 1. The zero-order valence-electron chi connectivity index (χ0n) is 10.7. The van der Waals surface area contributed by atoms with Crippen molar-refractivity contribution in [2.45, 2.75) is 63.6 Å². The van der Waals surface area contributed by atoms with Crippen LogP contribution in [-0.4, -0.2) is 47.2 Å². The van der Waals surface area contributed by atoms with Crippen LogP contribution in [0.4, 0.5) is 0 Å². The Hall–Kier alpha value is -0.610. The quantitative estimate of drug-likeness (QED) is 0.753. The number of piperidine rings is 1. The molecular weight excluding hydrogens is 216 g/mol. The number of carbonyl (C=O) groups is 1. The molecule has 0 radical (unpaired) electrons. The number of nitrogens with one attached hydrogen (secondary N) is 1. The molecule has 1 saturated carbocycles. The fraction of sp³-hybridized carbons (Fsp3) is 0.923. The maximum Gasteiger partial charge on any atom is 0.219 e. The summed E-state index contributed by atoms with van der Waals surface area (Å²) in [5.41, 5.74) is 0. The lowest BCUT2D eigenvalue weighted by atomic mass is 9.91. The molecule has 1 heterocycles. The fourth-order valence-corrected chi connectivity index (χ4v) is 2.94. The first-order valence-electron chi connectivity index (χ1n) is 6.85. The second-order valence-corrected chi connectivity index (χ2v) is 5.45. The van der Waals surface area contributed by atoms with Crippen LogP contribution in [0.2, 0.25) is 0 Å². The molecule has 0 aromatic heterocycles. The van der Waals surface area contributed by atoms with Crippen molar-refractivity contribution in [2.75, 3.05) is 13.1 Å². The van der Waals surface area contributed by atoms with Crippen LogP contribution in [0.3, 0.4) is 0 Å². The van der Waals surface area contributed by atoms with Crippen LogP contribution >= 0.6 is 0 Å². The number of likely N-dealkylation sites (tertiary alicyclic amines) is 1. The predicted molar refractivity (Wildman–Crippen MR) is 66.7 cm³/mol. The smallest absolute Gasteiger partial charge is 0.219 e. The molecule has 2 N–H and O–H groups in total. The second kappa shape index (κ2) is 5.83. The molecule has 4 nitrogen and oxygen atoms in total. The number of nitrogens with zero attached hydrogens (tertiary/aromatic N) is 1.